The Balaban J connectivity index is 4.14. The molecule has 98 valence electrons. The molecule has 0 aromatic heterocycles. The van der Waals surface area contributed by atoms with E-state index in [1.165, 1.54) is 11.9 Å². The second kappa shape index (κ2) is 8.86. The van der Waals surface area contributed by atoms with E-state index in [2.05, 4.69) is 5.32 Å². The van der Waals surface area contributed by atoms with Gasteiger partial charge in [0.15, 0.2) is 0 Å². The van der Waals surface area contributed by atoms with E-state index in [9.17, 15) is 14.4 Å². The lowest BCUT2D eigenvalue weighted by molar-refractivity contribution is -0.134. The molecule has 7 heteroatoms. The third-order valence-electron chi connectivity index (χ3n) is 1.91. The van der Waals surface area contributed by atoms with Crippen LogP contribution in [-0.2, 0) is 14.4 Å². The van der Waals surface area contributed by atoms with Gasteiger partial charge >= 0.3 is 5.97 Å². The number of carboxylic acid groups (broad SMARTS) is 1. The number of likely N-dealkylation sites (N-methyl/N-ethyl adjacent to an activating group) is 1. The monoisotopic (exact) mass is 262 g/mol. The van der Waals surface area contributed by atoms with Gasteiger partial charge in [-0.05, 0) is 6.42 Å². The van der Waals surface area contributed by atoms with Crippen LogP contribution in [0.1, 0.15) is 13.3 Å². The van der Waals surface area contributed by atoms with Crippen LogP contribution in [0.25, 0.3) is 0 Å². The molecule has 0 saturated carbocycles. The first-order valence-electron chi connectivity index (χ1n) is 5.29. The molecule has 0 radical (unpaired) electrons. The first-order valence-corrected chi connectivity index (χ1v) is 6.44. The number of thioether (sulfide) groups is 1. The largest absolute Gasteiger partial charge is 0.481 e. The van der Waals surface area contributed by atoms with Gasteiger partial charge in [0.1, 0.15) is 0 Å². The lowest BCUT2D eigenvalue weighted by Crippen LogP contribution is -2.41. The van der Waals surface area contributed by atoms with Crippen LogP contribution in [0.2, 0.25) is 0 Å². The van der Waals surface area contributed by atoms with E-state index in [1.54, 1.807) is 0 Å². The van der Waals surface area contributed by atoms with Crippen LogP contribution in [0.4, 0.5) is 0 Å². The summed E-state index contributed by atoms with van der Waals surface area (Å²) in [6.45, 7) is 2.44. The number of nitrogens with zero attached hydrogens (tertiary/aromatic N) is 1. The van der Waals surface area contributed by atoms with E-state index in [-0.39, 0.29) is 29.9 Å². The van der Waals surface area contributed by atoms with Gasteiger partial charge < -0.3 is 15.3 Å². The number of carboxylic acids is 1. The molecule has 0 fully saturated rings. The van der Waals surface area contributed by atoms with E-state index in [4.69, 9.17) is 5.11 Å². The Labute approximate surface area is 105 Å². The van der Waals surface area contributed by atoms with Crippen molar-refractivity contribution in [3.05, 3.63) is 0 Å². The summed E-state index contributed by atoms with van der Waals surface area (Å²) in [7, 11) is 1.51. The van der Waals surface area contributed by atoms with Crippen LogP contribution in [0.15, 0.2) is 0 Å². The molecule has 0 aliphatic carbocycles. The molecule has 2 N–H and O–H groups in total. The Kier molecular flexibility index (Phi) is 8.21. The highest BCUT2D eigenvalue weighted by atomic mass is 32.2. The van der Waals surface area contributed by atoms with Crippen molar-refractivity contribution in [2.24, 2.45) is 0 Å². The summed E-state index contributed by atoms with van der Waals surface area (Å²) in [5.41, 5.74) is 0. The van der Waals surface area contributed by atoms with E-state index in [0.29, 0.717) is 6.54 Å². The van der Waals surface area contributed by atoms with Gasteiger partial charge in [0.05, 0.1) is 18.1 Å². The predicted molar refractivity (Wildman–Crippen MR) is 65.9 cm³/mol. The van der Waals surface area contributed by atoms with Crippen LogP contribution < -0.4 is 5.32 Å². The Morgan fingerprint density at radius 3 is 2.41 bits per heavy atom. The van der Waals surface area contributed by atoms with Gasteiger partial charge in [-0.1, -0.05) is 6.92 Å². The number of nitrogens with one attached hydrogen (secondary N) is 1. The third kappa shape index (κ3) is 7.62. The minimum atomic E-state index is -0.948. The number of hydrogen-bond acceptors (Lipinski definition) is 4. The molecule has 2 amide bonds. The fraction of sp³-hybridized carbons (Fsp3) is 0.700. The Morgan fingerprint density at radius 2 is 1.94 bits per heavy atom. The smallest absolute Gasteiger partial charge is 0.313 e. The first kappa shape index (κ1) is 15.8. The zero-order chi connectivity index (χ0) is 13.3. The highest BCUT2D eigenvalue weighted by Crippen LogP contribution is 2.03. The SMILES string of the molecule is CCCN(CC(=O)NC)C(=O)CSCC(=O)O. The van der Waals surface area contributed by atoms with Crippen molar-refractivity contribution >= 4 is 29.5 Å². The standard InChI is InChI=1S/C10H18N2O4S/c1-3-4-12(5-8(13)11-2)9(14)6-17-7-10(15)16/h3-7H2,1-2H3,(H,11,13)(H,15,16). The number of rotatable bonds is 8. The van der Waals surface area contributed by atoms with Crippen molar-refractivity contribution in [3.63, 3.8) is 0 Å². The molecular weight excluding hydrogens is 244 g/mol. The molecular formula is C10H18N2O4S. The molecule has 0 unspecified atom stereocenters. The van der Waals surface area contributed by atoms with Crippen molar-refractivity contribution in [1.82, 2.24) is 10.2 Å². The summed E-state index contributed by atoms with van der Waals surface area (Å²) in [6, 6.07) is 0. The summed E-state index contributed by atoms with van der Waals surface area (Å²) in [4.78, 5) is 34.6. The second-order valence-corrected chi connectivity index (χ2v) is 4.36. The molecule has 0 aliphatic heterocycles. The average molecular weight is 262 g/mol. The summed E-state index contributed by atoms with van der Waals surface area (Å²) >= 11 is 1.04. The van der Waals surface area contributed by atoms with E-state index >= 15 is 0 Å². The van der Waals surface area contributed by atoms with Crippen LogP contribution in [0.5, 0.6) is 0 Å². The highest BCUT2D eigenvalue weighted by Gasteiger charge is 2.15. The van der Waals surface area contributed by atoms with E-state index < -0.39 is 5.97 Å². The Bertz CT molecular complexity index is 283. The van der Waals surface area contributed by atoms with Gasteiger partial charge in [0.25, 0.3) is 0 Å². The number of amides is 2. The third-order valence-corrected chi connectivity index (χ3v) is 2.81. The van der Waals surface area contributed by atoms with Gasteiger partial charge in [-0.2, -0.15) is 0 Å². The van der Waals surface area contributed by atoms with Crippen molar-refractivity contribution in [1.29, 1.82) is 0 Å². The van der Waals surface area contributed by atoms with Crippen molar-refractivity contribution in [2.75, 3.05) is 31.6 Å². The molecule has 0 spiro atoms. The first-order chi connectivity index (χ1) is 8.01. The van der Waals surface area contributed by atoms with Gasteiger partial charge in [0.2, 0.25) is 11.8 Å². The lowest BCUT2D eigenvalue weighted by atomic mass is 10.4. The molecule has 0 rings (SSSR count). The fourth-order valence-electron chi connectivity index (χ4n) is 1.13. The number of carbonyl (C=O) groups is 3. The molecule has 0 bridgehead atoms. The van der Waals surface area contributed by atoms with Crippen molar-refractivity contribution in [3.8, 4) is 0 Å². The summed E-state index contributed by atoms with van der Waals surface area (Å²) in [5, 5.41) is 10.9. The highest BCUT2D eigenvalue weighted by molar-refractivity contribution is 8.00. The number of aliphatic carboxylic acids is 1. The molecule has 0 heterocycles. The van der Waals surface area contributed by atoms with E-state index in [0.717, 1.165) is 18.2 Å². The van der Waals surface area contributed by atoms with Crippen LogP contribution in [0.3, 0.4) is 0 Å². The molecule has 17 heavy (non-hydrogen) atoms. The van der Waals surface area contributed by atoms with Crippen LogP contribution in [0, 0.1) is 0 Å². The summed E-state index contributed by atoms with van der Waals surface area (Å²) in [5.74, 6) is -1.40. The molecule has 6 nitrogen and oxygen atoms in total. The maximum absolute atomic E-state index is 11.7. The minimum Gasteiger partial charge on any atom is -0.481 e. The van der Waals surface area contributed by atoms with Crippen molar-refractivity contribution in [2.45, 2.75) is 13.3 Å². The Morgan fingerprint density at radius 1 is 1.29 bits per heavy atom. The number of carbonyl (C=O) groups excluding carboxylic acids is 2. The minimum absolute atomic E-state index is 0.0246. The fourth-order valence-corrected chi connectivity index (χ4v) is 1.77. The van der Waals surface area contributed by atoms with Gasteiger partial charge in [-0.3, -0.25) is 14.4 Å². The van der Waals surface area contributed by atoms with E-state index in [1.807, 2.05) is 6.92 Å². The maximum atomic E-state index is 11.7. The summed E-state index contributed by atoms with van der Waals surface area (Å²) in [6.07, 6.45) is 0.756. The topological polar surface area (TPSA) is 86.7 Å². The molecule has 0 atom stereocenters. The molecule has 0 aliphatic rings. The zero-order valence-corrected chi connectivity index (χ0v) is 10.9. The molecule has 0 saturated heterocycles. The van der Waals surface area contributed by atoms with Gasteiger partial charge in [-0.25, -0.2) is 0 Å². The molecule has 0 aromatic rings. The Hall–Kier alpha value is -1.24. The lowest BCUT2D eigenvalue weighted by Gasteiger charge is -2.20. The maximum Gasteiger partial charge on any atom is 0.313 e. The second-order valence-electron chi connectivity index (χ2n) is 3.38. The van der Waals surface area contributed by atoms with Crippen LogP contribution >= 0.6 is 11.8 Å². The van der Waals surface area contributed by atoms with Gasteiger partial charge in [0, 0.05) is 13.6 Å². The van der Waals surface area contributed by atoms with Crippen molar-refractivity contribution < 1.29 is 19.5 Å². The quantitative estimate of drug-likeness (QED) is 0.632. The molecule has 0 aromatic carbocycles. The zero-order valence-electron chi connectivity index (χ0n) is 10.1. The summed E-state index contributed by atoms with van der Waals surface area (Å²) < 4.78 is 0. The predicted octanol–water partition coefficient (Wildman–Crippen LogP) is -0.211. The average Bonchev–Trinajstić information content (AvgIpc) is 2.27. The normalized spacial score (nSPS) is 9.76. The van der Waals surface area contributed by atoms with Crippen LogP contribution in [-0.4, -0.2) is 59.4 Å². The number of hydrogen-bond donors (Lipinski definition) is 2. The van der Waals surface area contributed by atoms with Gasteiger partial charge in [-0.15, -0.1) is 11.8 Å².